The molecule has 0 saturated carbocycles. The Hall–Kier alpha value is -2.95. The Kier molecular flexibility index (Phi) is 3.47. The average molecular weight is 293 g/mol. The number of para-hydroxylation sites is 1. The third kappa shape index (κ3) is 2.48. The van der Waals surface area contributed by atoms with Crippen LogP contribution in [-0.2, 0) is 4.79 Å². The minimum Gasteiger partial charge on any atom is -0.273 e. The third-order valence-electron chi connectivity index (χ3n) is 3.42. The van der Waals surface area contributed by atoms with Crippen molar-refractivity contribution >= 4 is 23.3 Å². The summed E-state index contributed by atoms with van der Waals surface area (Å²) in [5.41, 5.74) is 5.46. The molecular weight excluding hydrogens is 278 g/mol. The molecule has 0 atom stereocenters. The largest absolute Gasteiger partial charge is 0.273 e. The van der Waals surface area contributed by atoms with E-state index < -0.39 is 0 Å². The summed E-state index contributed by atoms with van der Waals surface area (Å²) in [5.74, 6) is -0.247. The Labute approximate surface area is 128 Å². The van der Waals surface area contributed by atoms with Crippen LogP contribution in [0.3, 0.4) is 0 Å². The fourth-order valence-electron chi connectivity index (χ4n) is 2.27. The van der Waals surface area contributed by atoms with Crippen LogP contribution in [0.2, 0.25) is 0 Å². The normalized spacial score (nSPS) is 13.8. The molecule has 0 aliphatic carbocycles. The number of rotatable bonds is 1. The van der Waals surface area contributed by atoms with E-state index in [-0.39, 0.29) is 11.8 Å². The van der Waals surface area contributed by atoms with Gasteiger partial charge in [-0.1, -0.05) is 42.0 Å². The van der Waals surface area contributed by atoms with E-state index in [4.69, 9.17) is 0 Å². The topological polar surface area (TPSA) is 61.8 Å². The van der Waals surface area contributed by atoms with Crippen molar-refractivity contribution in [3.05, 3.63) is 65.2 Å². The van der Waals surface area contributed by atoms with E-state index in [1.54, 1.807) is 18.2 Å². The zero-order valence-electron chi connectivity index (χ0n) is 12.3. The molecule has 1 heterocycles. The van der Waals surface area contributed by atoms with Gasteiger partial charge < -0.3 is 0 Å². The standard InChI is InChI=1S/C17H15N3O2/c1-11-7-9-13(10-8-11)16-18-15-6-4-3-5-14(15)17(22)19-20(16)12(2)21/h3-10H,1-2H3,(H,19,22). The van der Waals surface area contributed by atoms with Gasteiger partial charge >= 0.3 is 0 Å². The SMILES string of the molecule is CC(=O)N1NC(=O)c2ccccc2N=C1c1ccc(C)cc1. The fraction of sp³-hybridized carbons (Fsp3) is 0.118. The first-order valence-electron chi connectivity index (χ1n) is 6.92. The predicted octanol–water partition coefficient (Wildman–Crippen LogP) is 2.58. The number of carbonyl (C=O) groups is 2. The fourth-order valence-corrected chi connectivity index (χ4v) is 2.27. The Morgan fingerprint density at radius 1 is 1.09 bits per heavy atom. The third-order valence-corrected chi connectivity index (χ3v) is 3.42. The van der Waals surface area contributed by atoms with Gasteiger partial charge in [0.1, 0.15) is 0 Å². The van der Waals surface area contributed by atoms with Crippen molar-refractivity contribution in [2.24, 2.45) is 4.99 Å². The van der Waals surface area contributed by atoms with E-state index in [2.05, 4.69) is 10.4 Å². The number of benzene rings is 2. The van der Waals surface area contributed by atoms with Crippen LogP contribution in [0.15, 0.2) is 53.5 Å². The second-order valence-corrected chi connectivity index (χ2v) is 5.11. The molecule has 1 aliphatic heterocycles. The van der Waals surface area contributed by atoms with Gasteiger partial charge in [-0.25, -0.2) is 10.0 Å². The lowest BCUT2D eigenvalue weighted by Gasteiger charge is -2.21. The van der Waals surface area contributed by atoms with E-state index in [1.165, 1.54) is 11.9 Å². The number of hydrazine groups is 1. The minimum atomic E-state index is -0.350. The van der Waals surface area contributed by atoms with Crippen LogP contribution >= 0.6 is 0 Å². The highest BCUT2D eigenvalue weighted by Gasteiger charge is 2.26. The molecule has 110 valence electrons. The van der Waals surface area contributed by atoms with E-state index in [1.807, 2.05) is 37.3 Å². The van der Waals surface area contributed by atoms with Gasteiger partial charge in [-0.15, -0.1) is 0 Å². The number of fused-ring (bicyclic) bond motifs is 1. The van der Waals surface area contributed by atoms with Gasteiger partial charge in [0.2, 0.25) is 5.91 Å². The maximum absolute atomic E-state index is 12.3. The highest BCUT2D eigenvalue weighted by molar-refractivity contribution is 6.13. The first kappa shape index (κ1) is 14.0. The number of amides is 2. The summed E-state index contributed by atoms with van der Waals surface area (Å²) < 4.78 is 0. The molecule has 0 fully saturated rings. The molecule has 2 amide bonds. The lowest BCUT2D eigenvalue weighted by Crippen LogP contribution is -2.48. The number of hydrogen-bond acceptors (Lipinski definition) is 3. The summed E-state index contributed by atoms with van der Waals surface area (Å²) >= 11 is 0. The van der Waals surface area contributed by atoms with Crippen LogP contribution in [0.1, 0.15) is 28.4 Å². The van der Waals surface area contributed by atoms with Crippen LogP contribution in [0.25, 0.3) is 0 Å². The zero-order chi connectivity index (χ0) is 15.7. The predicted molar refractivity (Wildman–Crippen MR) is 83.8 cm³/mol. The molecule has 0 radical (unpaired) electrons. The highest BCUT2D eigenvalue weighted by atomic mass is 16.2. The summed E-state index contributed by atoms with van der Waals surface area (Å²) in [7, 11) is 0. The van der Waals surface area contributed by atoms with Crippen LogP contribution < -0.4 is 5.43 Å². The summed E-state index contributed by atoms with van der Waals surface area (Å²) in [6, 6.07) is 14.7. The molecule has 0 spiro atoms. The zero-order valence-corrected chi connectivity index (χ0v) is 12.3. The quantitative estimate of drug-likeness (QED) is 0.878. The Morgan fingerprint density at radius 2 is 1.77 bits per heavy atom. The maximum Gasteiger partial charge on any atom is 0.272 e. The molecule has 0 unspecified atom stereocenters. The number of nitrogens with one attached hydrogen (secondary N) is 1. The second kappa shape index (κ2) is 5.44. The van der Waals surface area contributed by atoms with Gasteiger partial charge in [0.05, 0.1) is 11.3 Å². The molecule has 5 heteroatoms. The second-order valence-electron chi connectivity index (χ2n) is 5.11. The van der Waals surface area contributed by atoms with Gasteiger partial charge in [-0.05, 0) is 19.1 Å². The lowest BCUT2D eigenvalue weighted by atomic mass is 10.1. The summed E-state index contributed by atoms with van der Waals surface area (Å²) in [4.78, 5) is 28.7. The van der Waals surface area contributed by atoms with Crippen molar-refractivity contribution < 1.29 is 9.59 Å². The number of aliphatic imine (C=N–C) groups is 1. The van der Waals surface area contributed by atoms with Gasteiger partial charge in [0.15, 0.2) is 5.84 Å². The van der Waals surface area contributed by atoms with Crippen LogP contribution in [0, 0.1) is 6.92 Å². The van der Waals surface area contributed by atoms with Crippen molar-refractivity contribution in [1.82, 2.24) is 10.4 Å². The number of amidine groups is 1. The van der Waals surface area contributed by atoms with Crippen molar-refractivity contribution in [3.63, 3.8) is 0 Å². The number of nitrogens with zero attached hydrogens (tertiary/aromatic N) is 2. The summed E-state index contributed by atoms with van der Waals surface area (Å²) in [6.45, 7) is 3.37. The molecule has 0 saturated heterocycles. The van der Waals surface area contributed by atoms with Gasteiger partial charge in [-0.3, -0.25) is 15.0 Å². The lowest BCUT2D eigenvalue weighted by molar-refractivity contribution is -0.126. The van der Waals surface area contributed by atoms with E-state index in [0.717, 1.165) is 11.1 Å². The molecule has 22 heavy (non-hydrogen) atoms. The number of carbonyl (C=O) groups excluding carboxylic acids is 2. The molecule has 2 aromatic carbocycles. The Bertz CT molecular complexity index is 779. The molecule has 3 rings (SSSR count). The molecule has 5 nitrogen and oxygen atoms in total. The summed E-state index contributed by atoms with van der Waals surface area (Å²) in [5, 5.41) is 1.19. The molecule has 1 N–H and O–H groups in total. The van der Waals surface area contributed by atoms with Crippen molar-refractivity contribution in [2.45, 2.75) is 13.8 Å². The monoisotopic (exact) mass is 293 g/mol. The van der Waals surface area contributed by atoms with E-state index >= 15 is 0 Å². The van der Waals surface area contributed by atoms with E-state index in [0.29, 0.717) is 17.1 Å². The van der Waals surface area contributed by atoms with Gasteiger partial charge in [0.25, 0.3) is 5.91 Å². The van der Waals surface area contributed by atoms with Crippen molar-refractivity contribution in [2.75, 3.05) is 0 Å². The molecule has 0 aromatic heterocycles. The first-order valence-corrected chi connectivity index (χ1v) is 6.92. The van der Waals surface area contributed by atoms with Crippen molar-refractivity contribution in [1.29, 1.82) is 0 Å². The van der Waals surface area contributed by atoms with Gasteiger partial charge in [0, 0.05) is 12.5 Å². The van der Waals surface area contributed by atoms with Crippen LogP contribution in [0.4, 0.5) is 5.69 Å². The van der Waals surface area contributed by atoms with E-state index in [9.17, 15) is 9.59 Å². The molecular formula is C17H15N3O2. The first-order chi connectivity index (χ1) is 10.6. The minimum absolute atomic E-state index is 0.305. The van der Waals surface area contributed by atoms with Crippen LogP contribution in [-0.4, -0.2) is 22.7 Å². The molecule has 0 bridgehead atoms. The number of aryl methyl sites for hydroxylation is 1. The van der Waals surface area contributed by atoms with Gasteiger partial charge in [-0.2, -0.15) is 0 Å². The smallest absolute Gasteiger partial charge is 0.272 e. The highest BCUT2D eigenvalue weighted by Crippen LogP contribution is 2.23. The molecule has 1 aliphatic rings. The van der Waals surface area contributed by atoms with Crippen LogP contribution in [0.5, 0.6) is 0 Å². The summed E-state index contributed by atoms with van der Waals surface area (Å²) in [6.07, 6.45) is 0. The Balaban J connectivity index is 2.18. The Morgan fingerprint density at radius 3 is 2.45 bits per heavy atom. The molecule has 2 aromatic rings. The van der Waals surface area contributed by atoms with Crippen molar-refractivity contribution in [3.8, 4) is 0 Å². The average Bonchev–Trinajstić information content (AvgIpc) is 2.66. The maximum atomic E-state index is 12.3. The number of hydrogen-bond donors (Lipinski definition) is 1.